The van der Waals surface area contributed by atoms with Gasteiger partial charge in [-0.2, -0.15) is 0 Å². The molecule has 36 heavy (non-hydrogen) atoms. The number of rotatable bonds is 8. The third-order valence-corrected chi connectivity index (χ3v) is 6.86. The molecule has 7 heteroatoms. The van der Waals surface area contributed by atoms with Gasteiger partial charge in [0.05, 0.1) is 20.3 Å². The summed E-state index contributed by atoms with van der Waals surface area (Å²) in [5, 5.41) is 9.38. The molecule has 0 bridgehead atoms. The zero-order chi connectivity index (χ0) is 24.9. The van der Waals surface area contributed by atoms with Gasteiger partial charge in [-0.1, -0.05) is 48.0 Å². The molecule has 1 amide bonds. The lowest BCUT2D eigenvalue weighted by Gasteiger charge is -2.35. The van der Waals surface area contributed by atoms with E-state index in [1.807, 2.05) is 48.5 Å². The van der Waals surface area contributed by atoms with Gasteiger partial charge in [-0.25, -0.2) is 0 Å². The molecule has 2 heterocycles. The van der Waals surface area contributed by atoms with Crippen molar-refractivity contribution in [2.24, 2.45) is 0 Å². The average Bonchev–Trinajstić information content (AvgIpc) is 3.44. The molecule has 0 spiro atoms. The zero-order valence-corrected chi connectivity index (χ0v) is 20.7. The number of fused-ring (bicyclic) bond motifs is 1. The largest absolute Gasteiger partial charge is 0.497 e. The van der Waals surface area contributed by atoms with Gasteiger partial charge in [0.25, 0.3) is 5.91 Å². The van der Waals surface area contributed by atoms with Crippen LogP contribution >= 0.6 is 0 Å². The van der Waals surface area contributed by atoms with E-state index in [9.17, 15) is 4.79 Å². The molecule has 4 aromatic rings. The van der Waals surface area contributed by atoms with Crippen LogP contribution in [0, 0.1) is 0 Å². The minimum atomic E-state index is -0.269. The minimum Gasteiger partial charge on any atom is -0.497 e. The number of hydrogen-bond acceptors (Lipinski definition) is 6. The Morgan fingerprint density at radius 3 is 2.56 bits per heavy atom. The lowest BCUT2D eigenvalue weighted by Crippen LogP contribution is -2.40. The maximum Gasteiger partial charge on any atom is 0.273 e. The lowest BCUT2D eigenvalue weighted by molar-refractivity contribution is 0.0914. The van der Waals surface area contributed by atoms with Gasteiger partial charge in [0, 0.05) is 23.7 Å². The summed E-state index contributed by atoms with van der Waals surface area (Å²) in [6.07, 6.45) is 3.49. The molecule has 186 valence electrons. The van der Waals surface area contributed by atoms with E-state index in [0.717, 1.165) is 59.3 Å². The second kappa shape index (κ2) is 10.8. The number of nitrogens with zero attached hydrogens (tertiary/aromatic N) is 2. The summed E-state index contributed by atoms with van der Waals surface area (Å²) in [7, 11) is 3.32. The molecule has 1 N–H and O–H groups in total. The van der Waals surface area contributed by atoms with Crippen molar-refractivity contribution < 1.29 is 18.8 Å². The van der Waals surface area contributed by atoms with Crippen LogP contribution in [0.2, 0.25) is 0 Å². The summed E-state index contributed by atoms with van der Waals surface area (Å²) in [6.45, 7) is 2.36. The molecule has 1 atom stereocenters. The summed E-state index contributed by atoms with van der Waals surface area (Å²) in [4.78, 5) is 15.5. The number of benzene rings is 3. The quantitative estimate of drug-likeness (QED) is 0.357. The van der Waals surface area contributed by atoms with Crippen LogP contribution in [0.4, 0.5) is 0 Å². The van der Waals surface area contributed by atoms with Gasteiger partial charge < -0.3 is 19.3 Å². The van der Waals surface area contributed by atoms with E-state index < -0.39 is 0 Å². The summed E-state index contributed by atoms with van der Waals surface area (Å²) >= 11 is 0. The van der Waals surface area contributed by atoms with E-state index in [2.05, 4.69) is 27.5 Å². The van der Waals surface area contributed by atoms with Crippen molar-refractivity contribution in [2.75, 3.05) is 33.9 Å². The number of amides is 1. The Balaban J connectivity index is 1.35. The van der Waals surface area contributed by atoms with Crippen LogP contribution in [0.1, 0.15) is 41.4 Å². The van der Waals surface area contributed by atoms with Crippen LogP contribution in [-0.4, -0.2) is 49.8 Å². The molecule has 5 rings (SSSR count). The number of piperidine rings is 1. The van der Waals surface area contributed by atoms with E-state index in [1.165, 1.54) is 6.42 Å². The number of aromatic nitrogens is 1. The molecular formula is C29H31N3O4. The third-order valence-electron chi connectivity index (χ3n) is 6.86. The fourth-order valence-corrected chi connectivity index (χ4v) is 4.91. The fraction of sp³-hybridized carbons (Fsp3) is 0.310. The van der Waals surface area contributed by atoms with Crippen LogP contribution in [0.25, 0.3) is 22.1 Å². The van der Waals surface area contributed by atoms with Crippen molar-refractivity contribution in [2.45, 2.75) is 25.3 Å². The first-order valence-electron chi connectivity index (χ1n) is 12.4. The van der Waals surface area contributed by atoms with Crippen LogP contribution < -0.4 is 14.8 Å². The van der Waals surface area contributed by atoms with Crippen molar-refractivity contribution in [3.8, 4) is 22.8 Å². The Morgan fingerprint density at radius 2 is 1.78 bits per heavy atom. The van der Waals surface area contributed by atoms with Crippen molar-refractivity contribution >= 4 is 16.7 Å². The first-order chi connectivity index (χ1) is 17.7. The van der Waals surface area contributed by atoms with Gasteiger partial charge in [0.15, 0.2) is 11.5 Å². The lowest BCUT2D eigenvalue weighted by atomic mass is 10.00. The van der Waals surface area contributed by atoms with Gasteiger partial charge in [-0.05, 0) is 61.0 Å². The van der Waals surface area contributed by atoms with E-state index in [1.54, 1.807) is 20.3 Å². The Morgan fingerprint density at radius 1 is 0.972 bits per heavy atom. The van der Waals surface area contributed by atoms with Gasteiger partial charge in [0.1, 0.15) is 11.5 Å². The topological polar surface area (TPSA) is 76.8 Å². The van der Waals surface area contributed by atoms with Crippen LogP contribution in [0.15, 0.2) is 71.3 Å². The van der Waals surface area contributed by atoms with Crippen LogP contribution in [0.5, 0.6) is 11.5 Å². The third kappa shape index (κ3) is 5.06. The number of carbonyl (C=O) groups is 1. The molecule has 1 aliphatic heterocycles. The molecule has 0 aliphatic carbocycles. The molecular weight excluding hydrogens is 454 g/mol. The number of methoxy groups -OCH3 is 2. The minimum absolute atomic E-state index is 0.0499. The predicted molar refractivity (Wildman–Crippen MR) is 139 cm³/mol. The van der Waals surface area contributed by atoms with Crippen LogP contribution in [0.3, 0.4) is 0 Å². The highest BCUT2D eigenvalue weighted by atomic mass is 16.5. The summed E-state index contributed by atoms with van der Waals surface area (Å²) in [5.41, 5.74) is 2.14. The molecule has 1 fully saturated rings. The Bertz CT molecular complexity index is 1340. The Labute approximate surface area is 211 Å². The molecule has 1 saturated heterocycles. The summed E-state index contributed by atoms with van der Waals surface area (Å²) < 4.78 is 16.7. The van der Waals surface area contributed by atoms with Gasteiger partial charge >= 0.3 is 0 Å². The SMILES string of the molecule is COc1ccc(OC)c(C(CNC(=O)c2cc(-c3ccc4ccccc4c3)on2)N2CCCCC2)c1. The molecule has 1 aromatic heterocycles. The predicted octanol–water partition coefficient (Wildman–Crippen LogP) is 5.47. The van der Waals surface area contributed by atoms with Crippen LogP contribution in [-0.2, 0) is 0 Å². The monoisotopic (exact) mass is 485 g/mol. The molecule has 0 radical (unpaired) electrons. The van der Waals surface area contributed by atoms with Crippen molar-refractivity contribution in [3.05, 3.63) is 78.0 Å². The maximum atomic E-state index is 13.1. The molecule has 3 aromatic carbocycles. The van der Waals surface area contributed by atoms with E-state index in [4.69, 9.17) is 14.0 Å². The maximum absolute atomic E-state index is 13.1. The van der Waals surface area contributed by atoms with Crippen molar-refractivity contribution in [3.63, 3.8) is 0 Å². The summed E-state index contributed by atoms with van der Waals surface area (Å²) in [6, 6.07) is 21.6. The summed E-state index contributed by atoms with van der Waals surface area (Å²) in [5.74, 6) is 1.83. The molecule has 1 unspecified atom stereocenters. The highest BCUT2D eigenvalue weighted by molar-refractivity contribution is 5.93. The molecule has 1 aliphatic rings. The number of ether oxygens (including phenoxy) is 2. The first-order valence-corrected chi connectivity index (χ1v) is 12.4. The molecule has 7 nitrogen and oxygen atoms in total. The number of likely N-dealkylation sites (tertiary alicyclic amines) is 1. The van der Waals surface area contributed by atoms with Crippen molar-refractivity contribution in [1.29, 1.82) is 0 Å². The number of hydrogen-bond donors (Lipinski definition) is 1. The first kappa shape index (κ1) is 23.9. The highest BCUT2D eigenvalue weighted by Crippen LogP contribution is 2.34. The standard InChI is InChI=1S/C29H31N3O4/c1-34-23-12-13-27(35-2)24(17-23)26(32-14-6-3-7-15-32)19-30-29(33)25-18-28(36-31-25)22-11-10-20-8-4-5-9-21(20)16-22/h4-5,8-13,16-18,26H,3,6-7,14-15,19H2,1-2H3,(H,30,33). The second-order valence-corrected chi connectivity index (χ2v) is 9.07. The normalized spacial score (nSPS) is 14.9. The Kier molecular flexibility index (Phi) is 7.18. The van der Waals surface area contributed by atoms with Crippen molar-refractivity contribution in [1.82, 2.24) is 15.4 Å². The Hall–Kier alpha value is -3.84. The van der Waals surface area contributed by atoms with E-state index >= 15 is 0 Å². The average molecular weight is 486 g/mol. The van der Waals surface area contributed by atoms with Gasteiger partial charge in [-0.15, -0.1) is 0 Å². The second-order valence-electron chi connectivity index (χ2n) is 9.07. The highest BCUT2D eigenvalue weighted by Gasteiger charge is 2.27. The van der Waals surface area contributed by atoms with Gasteiger partial charge in [0.2, 0.25) is 0 Å². The van der Waals surface area contributed by atoms with Gasteiger partial charge in [-0.3, -0.25) is 9.69 Å². The fourth-order valence-electron chi connectivity index (χ4n) is 4.91. The van der Waals surface area contributed by atoms with E-state index in [0.29, 0.717) is 12.3 Å². The zero-order valence-electron chi connectivity index (χ0n) is 20.7. The number of carbonyl (C=O) groups excluding carboxylic acids is 1. The smallest absolute Gasteiger partial charge is 0.273 e. The molecule has 0 saturated carbocycles. The van der Waals surface area contributed by atoms with E-state index in [-0.39, 0.29) is 17.6 Å². The number of nitrogens with one attached hydrogen (secondary N) is 1.